The minimum atomic E-state index is 0.0594. The predicted octanol–water partition coefficient (Wildman–Crippen LogP) is 4.95. The van der Waals surface area contributed by atoms with E-state index >= 15 is 0 Å². The van der Waals surface area contributed by atoms with Crippen LogP contribution >= 0.6 is 15.9 Å². The van der Waals surface area contributed by atoms with Gasteiger partial charge in [-0.05, 0) is 61.3 Å². The maximum Gasteiger partial charge on any atom is 0.251 e. The number of halogens is 1. The number of aryl methyl sites for hydroxylation is 1. The van der Waals surface area contributed by atoms with Crippen LogP contribution in [0.4, 0.5) is 0 Å². The molecule has 1 saturated carbocycles. The summed E-state index contributed by atoms with van der Waals surface area (Å²) in [5.74, 6) is 1.98. The van der Waals surface area contributed by atoms with Gasteiger partial charge in [-0.25, -0.2) is 0 Å². The van der Waals surface area contributed by atoms with E-state index < -0.39 is 0 Å². The van der Waals surface area contributed by atoms with Crippen LogP contribution in [0.25, 0.3) is 0 Å². The summed E-state index contributed by atoms with van der Waals surface area (Å²) in [6.45, 7) is 8.84. The lowest BCUT2D eigenvalue weighted by molar-refractivity contribution is 0.0867. The molecule has 1 fully saturated rings. The van der Waals surface area contributed by atoms with Gasteiger partial charge in [0.15, 0.2) is 0 Å². The van der Waals surface area contributed by atoms with E-state index in [1.54, 1.807) is 0 Å². The van der Waals surface area contributed by atoms with Gasteiger partial charge in [0.1, 0.15) is 0 Å². The van der Waals surface area contributed by atoms with Crippen LogP contribution in [-0.2, 0) is 0 Å². The molecule has 2 rings (SSSR count). The fourth-order valence-electron chi connectivity index (χ4n) is 3.49. The van der Waals surface area contributed by atoms with Crippen molar-refractivity contribution in [1.82, 2.24) is 5.32 Å². The molecule has 1 aliphatic carbocycles. The lowest BCUT2D eigenvalue weighted by Crippen LogP contribution is -2.45. The third-order valence-corrected chi connectivity index (χ3v) is 5.10. The van der Waals surface area contributed by atoms with Gasteiger partial charge in [0, 0.05) is 16.1 Å². The molecule has 3 atom stereocenters. The highest BCUT2D eigenvalue weighted by Crippen LogP contribution is 2.33. The van der Waals surface area contributed by atoms with Crippen molar-refractivity contribution >= 4 is 21.8 Å². The van der Waals surface area contributed by atoms with E-state index in [0.29, 0.717) is 23.8 Å². The van der Waals surface area contributed by atoms with Gasteiger partial charge < -0.3 is 5.32 Å². The zero-order chi connectivity index (χ0) is 15.6. The van der Waals surface area contributed by atoms with Gasteiger partial charge in [-0.1, -0.05) is 43.1 Å². The standard InChI is InChI=1S/C18H26BrNO/c1-11(2)16-6-5-12(3)9-17(16)20-18(21)14-7-13(4)8-15(19)10-14/h7-8,10-12,16-17H,5-6,9H2,1-4H3,(H,20,21). The summed E-state index contributed by atoms with van der Waals surface area (Å²) >= 11 is 3.47. The van der Waals surface area contributed by atoms with Crippen molar-refractivity contribution in [3.63, 3.8) is 0 Å². The van der Waals surface area contributed by atoms with Gasteiger partial charge in [-0.3, -0.25) is 4.79 Å². The second-order valence-corrected chi connectivity index (χ2v) is 7.84. The first-order valence-electron chi connectivity index (χ1n) is 7.95. The average Bonchev–Trinajstić information content (AvgIpc) is 2.37. The monoisotopic (exact) mass is 351 g/mol. The van der Waals surface area contributed by atoms with Crippen LogP contribution in [0.3, 0.4) is 0 Å². The fraction of sp³-hybridized carbons (Fsp3) is 0.611. The molecule has 0 bridgehead atoms. The molecule has 1 aromatic carbocycles. The van der Waals surface area contributed by atoms with E-state index in [2.05, 4.69) is 42.0 Å². The van der Waals surface area contributed by atoms with Gasteiger partial charge in [0.25, 0.3) is 5.91 Å². The van der Waals surface area contributed by atoms with Crippen molar-refractivity contribution in [2.24, 2.45) is 17.8 Å². The summed E-state index contributed by atoms with van der Waals surface area (Å²) in [6, 6.07) is 6.19. The van der Waals surface area contributed by atoms with Crippen LogP contribution in [0, 0.1) is 24.7 Å². The Morgan fingerprint density at radius 2 is 2.00 bits per heavy atom. The minimum Gasteiger partial charge on any atom is -0.349 e. The van der Waals surface area contributed by atoms with Crippen molar-refractivity contribution in [2.75, 3.05) is 0 Å². The zero-order valence-corrected chi connectivity index (χ0v) is 15.0. The van der Waals surface area contributed by atoms with E-state index in [4.69, 9.17) is 0 Å². The van der Waals surface area contributed by atoms with Crippen LogP contribution in [-0.4, -0.2) is 11.9 Å². The van der Waals surface area contributed by atoms with Crippen LogP contribution in [0.1, 0.15) is 56.0 Å². The van der Waals surface area contributed by atoms with Crippen LogP contribution in [0.5, 0.6) is 0 Å². The van der Waals surface area contributed by atoms with Crippen molar-refractivity contribution in [3.05, 3.63) is 33.8 Å². The Morgan fingerprint density at radius 3 is 2.62 bits per heavy atom. The molecule has 3 unspecified atom stereocenters. The summed E-state index contributed by atoms with van der Waals surface area (Å²) in [6.07, 6.45) is 3.61. The second-order valence-electron chi connectivity index (χ2n) is 6.92. The molecule has 2 nitrogen and oxygen atoms in total. The smallest absolute Gasteiger partial charge is 0.251 e. The third kappa shape index (κ3) is 4.32. The Kier molecular flexibility index (Phi) is 5.48. The number of carbonyl (C=O) groups excluding carboxylic acids is 1. The fourth-order valence-corrected chi connectivity index (χ4v) is 4.10. The molecule has 1 amide bonds. The number of amides is 1. The number of hydrogen-bond donors (Lipinski definition) is 1. The van der Waals surface area contributed by atoms with E-state index in [1.807, 2.05) is 25.1 Å². The maximum atomic E-state index is 12.6. The first-order valence-corrected chi connectivity index (χ1v) is 8.74. The van der Waals surface area contributed by atoms with E-state index in [9.17, 15) is 4.79 Å². The Morgan fingerprint density at radius 1 is 1.29 bits per heavy atom. The number of nitrogens with one attached hydrogen (secondary N) is 1. The van der Waals surface area contributed by atoms with Gasteiger partial charge >= 0.3 is 0 Å². The first-order chi connectivity index (χ1) is 9.86. The minimum absolute atomic E-state index is 0.0594. The van der Waals surface area contributed by atoms with Crippen LogP contribution in [0.15, 0.2) is 22.7 Å². The highest BCUT2D eigenvalue weighted by atomic mass is 79.9. The Bertz CT molecular complexity index is 492. The van der Waals surface area contributed by atoms with E-state index in [1.165, 1.54) is 12.8 Å². The third-order valence-electron chi connectivity index (χ3n) is 4.64. The lowest BCUT2D eigenvalue weighted by atomic mass is 9.74. The molecule has 3 heteroatoms. The van der Waals surface area contributed by atoms with Crippen molar-refractivity contribution in [2.45, 2.75) is 53.0 Å². The van der Waals surface area contributed by atoms with Gasteiger partial charge in [0.2, 0.25) is 0 Å². The maximum absolute atomic E-state index is 12.6. The average molecular weight is 352 g/mol. The Balaban J connectivity index is 2.12. The largest absolute Gasteiger partial charge is 0.349 e. The number of hydrogen-bond acceptors (Lipinski definition) is 1. The van der Waals surface area contributed by atoms with E-state index in [0.717, 1.165) is 22.0 Å². The molecule has 0 radical (unpaired) electrons. The molecular formula is C18H26BrNO. The highest BCUT2D eigenvalue weighted by Gasteiger charge is 2.31. The molecule has 0 saturated heterocycles. The van der Waals surface area contributed by atoms with Crippen molar-refractivity contribution in [1.29, 1.82) is 0 Å². The van der Waals surface area contributed by atoms with Crippen LogP contribution in [0.2, 0.25) is 0 Å². The number of rotatable bonds is 3. The summed E-state index contributed by atoms with van der Waals surface area (Å²) in [5, 5.41) is 3.29. The predicted molar refractivity (Wildman–Crippen MR) is 91.5 cm³/mol. The quantitative estimate of drug-likeness (QED) is 0.820. The van der Waals surface area contributed by atoms with Crippen molar-refractivity contribution in [3.8, 4) is 0 Å². The zero-order valence-electron chi connectivity index (χ0n) is 13.4. The molecule has 21 heavy (non-hydrogen) atoms. The molecule has 0 aromatic heterocycles. The molecule has 116 valence electrons. The molecule has 1 aliphatic rings. The van der Waals surface area contributed by atoms with Crippen LogP contribution < -0.4 is 5.32 Å². The highest BCUT2D eigenvalue weighted by molar-refractivity contribution is 9.10. The number of carbonyl (C=O) groups is 1. The normalized spacial score (nSPS) is 25.9. The molecule has 1 aromatic rings. The topological polar surface area (TPSA) is 29.1 Å². The number of benzene rings is 1. The van der Waals surface area contributed by atoms with Gasteiger partial charge in [0.05, 0.1) is 0 Å². The second kappa shape index (κ2) is 6.95. The summed E-state index contributed by atoms with van der Waals surface area (Å²) < 4.78 is 0.963. The van der Waals surface area contributed by atoms with E-state index in [-0.39, 0.29) is 5.91 Å². The lowest BCUT2D eigenvalue weighted by Gasteiger charge is -2.37. The van der Waals surface area contributed by atoms with Gasteiger partial charge in [-0.15, -0.1) is 0 Å². The first kappa shape index (κ1) is 16.5. The van der Waals surface area contributed by atoms with Gasteiger partial charge in [-0.2, -0.15) is 0 Å². The SMILES string of the molecule is Cc1cc(Br)cc(C(=O)NC2CC(C)CCC2C(C)C)c1. The summed E-state index contributed by atoms with van der Waals surface area (Å²) in [7, 11) is 0. The molecular weight excluding hydrogens is 326 g/mol. The molecule has 0 spiro atoms. The molecule has 0 aliphatic heterocycles. The summed E-state index contributed by atoms with van der Waals surface area (Å²) in [5.41, 5.74) is 1.86. The summed E-state index contributed by atoms with van der Waals surface area (Å²) in [4.78, 5) is 12.6. The molecule has 1 N–H and O–H groups in total. The Labute approximate surface area is 136 Å². The molecule has 0 heterocycles. The Hall–Kier alpha value is -0.830. The van der Waals surface area contributed by atoms with Crippen molar-refractivity contribution < 1.29 is 4.79 Å².